The molecule has 0 aliphatic rings. The third-order valence-electron chi connectivity index (χ3n) is 3.63. The molecule has 0 spiro atoms. The van der Waals surface area contributed by atoms with Gasteiger partial charge in [-0.3, -0.25) is 4.98 Å². The molecule has 0 fully saturated rings. The van der Waals surface area contributed by atoms with Crippen molar-refractivity contribution in [1.82, 2.24) is 9.97 Å². The van der Waals surface area contributed by atoms with E-state index in [1.54, 1.807) is 11.3 Å². The van der Waals surface area contributed by atoms with Gasteiger partial charge >= 0.3 is 0 Å². The zero-order chi connectivity index (χ0) is 15.5. The molecule has 0 saturated heterocycles. The monoisotopic (exact) mass is 317 g/mol. The summed E-state index contributed by atoms with van der Waals surface area (Å²) in [6, 6.07) is 22.6. The summed E-state index contributed by atoms with van der Waals surface area (Å²) in [6.07, 6.45) is 1.81. The highest BCUT2D eigenvalue weighted by Crippen LogP contribution is 2.30. The van der Waals surface area contributed by atoms with Crippen LogP contribution in [0.15, 0.2) is 72.9 Å². The minimum absolute atomic E-state index is 0.724. The van der Waals surface area contributed by atoms with Gasteiger partial charge in [-0.2, -0.15) is 0 Å². The number of pyridine rings is 1. The second kappa shape index (κ2) is 6.18. The van der Waals surface area contributed by atoms with Crippen LogP contribution in [0.1, 0.15) is 5.69 Å². The molecule has 0 aliphatic carbocycles. The number of hydrogen-bond acceptors (Lipinski definition) is 4. The molecule has 3 nitrogen and oxygen atoms in total. The van der Waals surface area contributed by atoms with E-state index < -0.39 is 0 Å². The predicted molar refractivity (Wildman–Crippen MR) is 96.6 cm³/mol. The third kappa shape index (κ3) is 3.07. The van der Waals surface area contributed by atoms with Crippen molar-refractivity contribution in [1.29, 1.82) is 0 Å². The van der Waals surface area contributed by atoms with E-state index in [1.165, 1.54) is 4.70 Å². The second-order valence-corrected chi connectivity index (χ2v) is 6.27. The molecule has 23 heavy (non-hydrogen) atoms. The maximum Gasteiger partial charge on any atom is 0.124 e. The fraction of sp³-hybridized carbons (Fsp3) is 0.0526. The van der Waals surface area contributed by atoms with Crippen molar-refractivity contribution in [3.05, 3.63) is 78.6 Å². The fourth-order valence-electron chi connectivity index (χ4n) is 2.42. The van der Waals surface area contributed by atoms with Crippen molar-refractivity contribution >= 4 is 27.2 Å². The number of fused-ring (bicyclic) bond motifs is 1. The lowest BCUT2D eigenvalue weighted by molar-refractivity contribution is 1.05. The van der Waals surface area contributed by atoms with E-state index in [0.29, 0.717) is 0 Å². The van der Waals surface area contributed by atoms with E-state index in [9.17, 15) is 0 Å². The van der Waals surface area contributed by atoms with Gasteiger partial charge in [-0.15, -0.1) is 11.3 Å². The van der Waals surface area contributed by atoms with E-state index in [-0.39, 0.29) is 0 Å². The molecule has 112 valence electrons. The molecule has 0 radical (unpaired) electrons. The van der Waals surface area contributed by atoms with Crippen LogP contribution in [-0.4, -0.2) is 9.97 Å². The highest BCUT2D eigenvalue weighted by molar-refractivity contribution is 7.21. The molecule has 2 aromatic heterocycles. The van der Waals surface area contributed by atoms with E-state index in [1.807, 2.05) is 30.5 Å². The van der Waals surface area contributed by atoms with Gasteiger partial charge in [0.2, 0.25) is 0 Å². The highest BCUT2D eigenvalue weighted by atomic mass is 32.1. The Bertz CT molecular complexity index is 881. The Balaban J connectivity index is 1.51. The summed E-state index contributed by atoms with van der Waals surface area (Å²) in [4.78, 5) is 9.01. The Morgan fingerprint density at radius 3 is 2.48 bits per heavy atom. The minimum atomic E-state index is 0.724. The van der Waals surface area contributed by atoms with Gasteiger partial charge in [0.05, 0.1) is 22.5 Å². The van der Waals surface area contributed by atoms with Crippen LogP contribution in [0.2, 0.25) is 0 Å². The first-order valence-electron chi connectivity index (χ1n) is 7.48. The first kappa shape index (κ1) is 13.9. The van der Waals surface area contributed by atoms with Crippen LogP contribution in [0.5, 0.6) is 0 Å². The van der Waals surface area contributed by atoms with Gasteiger partial charge in [0, 0.05) is 17.4 Å². The molecule has 0 bridgehead atoms. The molecular weight excluding hydrogens is 302 g/mol. The van der Waals surface area contributed by atoms with Crippen molar-refractivity contribution in [3.8, 4) is 10.6 Å². The zero-order valence-corrected chi connectivity index (χ0v) is 13.3. The van der Waals surface area contributed by atoms with Crippen LogP contribution >= 0.6 is 11.3 Å². The number of aromatic nitrogens is 2. The number of thiazole rings is 1. The molecule has 2 heterocycles. The SMILES string of the molecule is c1ccc(CNc2ccc(-c3nc4ccccc4s3)cc2)nc1. The van der Waals surface area contributed by atoms with Crippen LogP contribution in [0.4, 0.5) is 5.69 Å². The molecule has 0 saturated carbocycles. The number of rotatable bonds is 4. The van der Waals surface area contributed by atoms with Crippen molar-refractivity contribution in [2.24, 2.45) is 0 Å². The summed E-state index contributed by atoms with van der Waals surface area (Å²) in [7, 11) is 0. The molecule has 0 aliphatic heterocycles. The van der Waals surface area contributed by atoms with E-state index in [0.717, 1.165) is 34.0 Å². The molecule has 4 rings (SSSR count). The molecule has 4 heteroatoms. The Morgan fingerprint density at radius 1 is 0.870 bits per heavy atom. The number of para-hydroxylation sites is 1. The largest absolute Gasteiger partial charge is 0.379 e. The van der Waals surface area contributed by atoms with Crippen molar-refractivity contribution in [2.75, 3.05) is 5.32 Å². The van der Waals surface area contributed by atoms with Crippen LogP contribution < -0.4 is 5.32 Å². The summed E-state index contributed by atoms with van der Waals surface area (Å²) in [5.41, 5.74) is 4.32. The van der Waals surface area contributed by atoms with Gasteiger partial charge in [-0.1, -0.05) is 18.2 Å². The Morgan fingerprint density at radius 2 is 1.70 bits per heavy atom. The van der Waals surface area contributed by atoms with Crippen molar-refractivity contribution in [3.63, 3.8) is 0 Å². The predicted octanol–water partition coefficient (Wildman–Crippen LogP) is 4.97. The molecule has 0 atom stereocenters. The summed E-state index contributed by atoms with van der Waals surface area (Å²) < 4.78 is 1.22. The zero-order valence-electron chi connectivity index (χ0n) is 12.4. The van der Waals surface area contributed by atoms with E-state index in [2.05, 4.69) is 52.8 Å². The smallest absolute Gasteiger partial charge is 0.124 e. The summed E-state index contributed by atoms with van der Waals surface area (Å²) in [5, 5.41) is 4.44. The maximum absolute atomic E-state index is 4.69. The van der Waals surface area contributed by atoms with Gasteiger partial charge in [0.15, 0.2) is 0 Å². The maximum atomic E-state index is 4.69. The number of nitrogens with zero attached hydrogens (tertiary/aromatic N) is 2. The standard InChI is InChI=1S/C19H15N3S/c1-2-7-18-17(6-1)22-19(23-18)14-8-10-15(11-9-14)21-13-16-5-3-4-12-20-16/h1-12,21H,13H2. The molecule has 1 N–H and O–H groups in total. The third-order valence-corrected chi connectivity index (χ3v) is 4.71. The van der Waals surface area contributed by atoms with Crippen molar-refractivity contribution in [2.45, 2.75) is 6.54 Å². The topological polar surface area (TPSA) is 37.8 Å². The molecule has 4 aromatic rings. The first-order chi connectivity index (χ1) is 11.4. The van der Waals surface area contributed by atoms with Crippen LogP contribution in [0.3, 0.4) is 0 Å². The van der Waals surface area contributed by atoms with E-state index >= 15 is 0 Å². The quantitative estimate of drug-likeness (QED) is 0.577. The molecular formula is C19H15N3S. The second-order valence-electron chi connectivity index (χ2n) is 5.24. The van der Waals surface area contributed by atoms with Gasteiger partial charge in [-0.05, 0) is 48.5 Å². The van der Waals surface area contributed by atoms with Crippen LogP contribution in [0, 0.1) is 0 Å². The Kier molecular flexibility index (Phi) is 3.74. The Labute approximate surface area is 138 Å². The number of hydrogen-bond donors (Lipinski definition) is 1. The average Bonchev–Trinajstić information content (AvgIpc) is 3.05. The summed E-state index contributed by atoms with van der Waals surface area (Å²) in [6.45, 7) is 0.724. The lowest BCUT2D eigenvalue weighted by atomic mass is 10.2. The van der Waals surface area contributed by atoms with Gasteiger partial charge in [-0.25, -0.2) is 4.98 Å². The number of anilines is 1. The summed E-state index contributed by atoms with van der Waals surface area (Å²) >= 11 is 1.72. The lowest BCUT2D eigenvalue weighted by Crippen LogP contribution is -2.00. The van der Waals surface area contributed by atoms with E-state index in [4.69, 9.17) is 4.98 Å². The van der Waals surface area contributed by atoms with Crippen LogP contribution in [-0.2, 0) is 6.54 Å². The normalized spacial score (nSPS) is 10.8. The summed E-state index contributed by atoms with van der Waals surface area (Å²) in [5.74, 6) is 0. The fourth-order valence-corrected chi connectivity index (χ4v) is 3.39. The minimum Gasteiger partial charge on any atom is -0.379 e. The molecule has 0 unspecified atom stereocenters. The average molecular weight is 317 g/mol. The Hall–Kier alpha value is -2.72. The highest BCUT2D eigenvalue weighted by Gasteiger charge is 2.05. The van der Waals surface area contributed by atoms with Crippen molar-refractivity contribution < 1.29 is 0 Å². The van der Waals surface area contributed by atoms with Crippen LogP contribution in [0.25, 0.3) is 20.8 Å². The first-order valence-corrected chi connectivity index (χ1v) is 8.30. The van der Waals surface area contributed by atoms with Gasteiger partial charge in [0.1, 0.15) is 5.01 Å². The number of nitrogens with one attached hydrogen (secondary N) is 1. The molecule has 2 aromatic carbocycles. The van der Waals surface area contributed by atoms with Gasteiger partial charge in [0.25, 0.3) is 0 Å². The molecule has 0 amide bonds. The lowest BCUT2D eigenvalue weighted by Gasteiger charge is -2.06. The van der Waals surface area contributed by atoms with Gasteiger partial charge < -0.3 is 5.32 Å². The number of benzene rings is 2.